The summed E-state index contributed by atoms with van der Waals surface area (Å²) < 4.78 is 11.6. The Hall–Kier alpha value is -3.15. The van der Waals surface area contributed by atoms with Crippen LogP contribution >= 0.6 is 0 Å². The molecule has 3 atom stereocenters. The molecule has 158 valence electrons. The Balaban J connectivity index is 1.55. The smallest absolute Gasteiger partial charge is 0.262 e. The van der Waals surface area contributed by atoms with Gasteiger partial charge in [0.05, 0.1) is 7.11 Å². The number of aliphatic hydroxyl groups is 1. The Labute approximate surface area is 181 Å². The number of carbonyl (C=O) groups is 1. The molecular formula is C26H25NO4. The number of hydrogen-bond donors (Lipinski definition) is 1. The third-order valence-electron chi connectivity index (χ3n) is 6.44. The summed E-state index contributed by atoms with van der Waals surface area (Å²) in [6.07, 6.45) is 0.810. The van der Waals surface area contributed by atoms with Gasteiger partial charge in [-0.05, 0) is 43.2 Å². The van der Waals surface area contributed by atoms with Gasteiger partial charge >= 0.3 is 0 Å². The number of benzene rings is 3. The zero-order valence-corrected chi connectivity index (χ0v) is 17.6. The Morgan fingerprint density at radius 1 is 0.968 bits per heavy atom. The number of nitrogens with zero attached hydrogens (tertiary/aromatic N) is 1. The van der Waals surface area contributed by atoms with Crippen molar-refractivity contribution in [1.29, 1.82) is 0 Å². The number of methoxy groups -OCH3 is 1. The van der Waals surface area contributed by atoms with E-state index >= 15 is 0 Å². The number of anilines is 1. The standard InChI is InChI=1S/C26H25NO4/c1-18-8-10-19(11-9-18)23-25(16-17-26(29,31-25)20-6-4-3-5-7-20)24(28)27(23)21-12-14-22(30-2)15-13-21/h3-15,23,29H,16-17H2,1-2H3/t23-,25+,26+/m0/s1. The minimum atomic E-state index is -1.48. The molecule has 0 aromatic heterocycles. The number of ether oxygens (including phenoxy) is 2. The summed E-state index contributed by atoms with van der Waals surface area (Å²) in [4.78, 5) is 15.3. The summed E-state index contributed by atoms with van der Waals surface area (Å²) in [5, 5.41) is 11.3. The first kappa shape index (κ1) is 19.8. The van der Waals surface area contributed by atoms with Gasteiger partial charge in [-0.3, -0.25) is 9.69 Å². The lowest BCUT2D eigenvalue weighted by Gasteiger charge is -2.54. The highest BCUT2D eigenvalue weighted by Gasteiger charge is 2.68. The van der Waals surface area contributed by atoms with Crippen molar-refractivity contribution in [2.24, 2.45) is 0 Å². The maximum absolute atomic E-state index is 13.6. The fourth-order valence-electron chi connectivity index (χ4n) is 4.76. The number of rotatable bonds is 4. The summed E-state index contributed by atoms with van der Waals surface area (Å²) in [7, 11) is 1.62. The van der Waals surface area contributed by atoms with Crippen molar-refractivity contribution in [1.82, 2.24) is 0 Å². The topological polar surface area (TPSA) is 59.0 Å². The Morgan fingerprint density at radius 3 is 2.29 bits per heavy atom. The van der Waals surface area contributed by atoms with Gasteiger partial charge in [0.1, 0.15) is 11.8 Å². The second-order valence-corrected chi connectivity index (χ2v) is 8.33. The van der Waals surface area contributed by atoms with Gasteiger partial charge < -0.3 is 14.6 Å². The van der Waals surface area contributed by atoms with Crippen molar-refractivity contribution in [3.05, 3.63) is 95.6 Å². The van der Waals surface area contributed by atoms with Crippen LogP contribution in [0, 0.1) is 6.92 Å². The Kier molecular flexibility index (Phi) is 4.61. The molecule has 2 saturated heterocycles. The lowest BCUT2D eigenvalue weighted by molar-refractivity contribution is -0.244. The van der Waals surface area contributed by atoms with Gasteiger partial charge in [-0.25, -0.2) is 0 Å². The third-order valence-corrected chi connectivity index (χ3v) is 6.44. The fraction of sp³-hybridized carbons (Fsp3) is 0.269. The lowest BCUT2D eigenvalue weighted by atomic mass is 9.75. The molecular weight excluding hydrogens is 390 g/mol. The molecule has 0 radical (unpaired) electrons. The number of β-lactam (4-membered cyclic amide) rings is 1. The van der Waals surface area contributed by atoms with Gasteiger partial charge in [-0.2, -0.15) is 0 Å². The zero-order chi connectivity index (χ0) is 21.6. The first-order chi connectivity index (χ1) is 15.0. The first-order valence-electron chi connectivity index (χ1n) is 10.5. The summed E-state index contributed by atoms with van der Waals surface area (Å²) in [6.45, 7) is 2.03. The fourth-order valence-corrected chi connectivity index (χ4v) is 4.76. The van der Waals surface area contributed by atoms with Crippen LogP contribution in [0.15, 0.2) is 78.9 Å². The van der Waals surface area contributed by atoms with Crippen molar-refractivity contribution in [3.8, 4) is 5.75 Å². The molecule has 31 heavy (non-hydrogen) atoms. The van der Waals surface area contributed by atoms with Crippen molar-refractivity contribution in [3.63, 3.8) is 0 Å². The van der Waals surface area contributed by atoms with Crippen molar-refractivity contribution in [2.75, 3.05) is 12.0 Å². The highest BCUT2D eigenvalue weighted by atomic mass is 16.7. The molecule has 0 saturated carbocycles. The molecule has 1 spiro atoms. The van der Waals surface area contributed by atoms with Crippen LogP contribution in [0.4, 0.5) is 5.69 Å². The predicted octanol–water partition coefficient (Wildman–Crippen LogP) is 4.49. The van der Waals surface area contributed by atoms with E-state index in [1.54, 1.807) is 12.0 Å². The van der Waals surface area contributed by atoms with E-state index in [9.17, 15) is 9.90 Å². The van der Waals surface area contributed by atoms with E-state index in [-0.39, 0.29) is 11.9 Å². The van der Waals surface area contributed by atoms with Crippen molar-refractivity contribution >= 4 is 11.6 Å². The van der Waals surface area contributed by atoms with Gasteiger partial charge in [-0.1, -0.05) is 60.2 Å². The molecule has 1 amide bonds. The normalized spacial score (nSPS) is 27.4. The van der Waals surface area contributed by atoms with Gasteiger partial charge in [0, 0.05) is 17.7 Å². The number of hydrogen-bond acceptors (Lipinski definition) is 4. The molecule has 3 aromatic carbocycles. The molecule has 2 aliphatic heterocycles. The second kappa shape index (κ2) is 7.22. The van der Waals surface area contributed by atoms with E-state index in [0.717, 1.165) is 22.6 Å². The van der Waals surface area contributed by atoms with Crippen molar-refractivity contribution < 1.29 is 19.4 Å². The van der Waals surface area contributed by atoms with E-state index in [4.69, 9.17) is 9.47 Å². The summed E-state index contributed by atoms with van der Waals surface area (Å²) in [5.74, 6) is -0.879. The van der Waals surface area contributed by atoms with E-state index in [1.807, 2.05) is 85.8 Å². The average molecular weight is 415 g/mol. The van der Waals surface area contributed by atoms with Gasteiger partial charge in [0.15, 0.2) is 11.4 Å². The maximum Gasteiger partial charge on any atom is 0.262 e. The summed E-state index contributed by atoms with van der Waals surface area (Å²) in [5.41, 5.74) is 2.48. The van der Waals surface area contributed by atoms with Crippen LogP contribution in [0.5, 0.6) is 5.75 Å². The van der Waals surface area contributed by atoms with Crippen molar-refractivity contribution in [2.45, 2.75) is 37.2 Å². The molecule has 0 bridgehead atoms. The number of aryl methyl sites for hydroxylation is 1. The van der Waals surface area contributed by atoms with Crippen LogP contribution in [-0.2, 0) is 15.3 Å². The number of amides is 1. The van der Waals surface area contributed by atoms with E-state index < -0.39 is 11.4 Å². The molecule has 2 fully saturated rings. The van der Waals surface area contributed by atoms with E-state index in [2.05, 4.69) is 0 Å². The van der Waals surface area contributed by atoms with Gasteiger partial charge in [0.25, 0.3) is 5.91 Å². The molecule has 5 nitrogen and oxygen atoms in total. The molecule has 5 rings (SSSR count). The van der Waals surface area contributed by atoms with Crippen LogP contribution in [-0.4, -0.2) is 23.7 Å². The minimum Gasteiger partial charge on any atom is -0.497 e. The molecule has 1 N–H and O–H groups in total. The highest BCUT2D eigenvalue weighted by Crippen LogP contribution is 2.58. The molecule has 5 heteroatoms. The van der Waals surface area contributed by atoms with Crippen LogP contribution < -0.4 is 9.64 Å². The van der Waals surface area contributed by atoms with E-state index in [0.29, 0.717) is 18.4 Å². The first-order valence-corrected chi connectivity index (χ1v) is 10.5. The number of carbonyl (C=O) groups excluding carboxylic acids is 1. The SMILES string of the molecule is COc1ccc(N2C(=O)[C@@]3(CC[C@](O)(c4ccccc4)O3)[C@@H]2c2ccc(C)cc2)cc1. The second-order valence-electron chi connectivity index (χ2n) is 8.33. The minimum absolute atomic E-state index is 0.130. The van der Waals surface area contributed by atoms with Gasteiger partial charge in [-0.15, -0.1) is 0 Å². The molecule has 2 heterocycles. The Bertz CT molecular complexity index is 1100. The lowest BCUT2D eigenvalue weighted by Crippen LogP contribution is -2.69. The summed E-state index contributed by atoms with van der Waals surface area (Å²) in [6, 6.07) is 24.6. The monoisotopic (exact) mass is 415 g/mol. The predicted molar refractivity (Wildman–Crippen MR) is 118 cm³/mol. The average Bonchev–Trinajstić information content (AvgIpc) is 3.20. The van der Waals surface area contributed by atoms with Crippen LogP contribution in [0.3, 0.4) is 0 Å². The largest absolute Gasteiger partial charge is 0.497 e. The highest BCUT2D eigenvalue weighted by molar-refractivity contribution is 6.08. The summed E-state index contributed by atoms with van der Waals surface area (Å²) >= 11 is 0. The molecule has 0 aliphatic carbocycles. The van der Waals surface area contributed by atoms with E-state index in [1.165, 1.54) is 0 Å². The molecule has 2 aliphatic rings. The zero-order valence-electron chi connectivity index (χ0n) is 17.6. The van der Waals surface area contributed by atoms with Crippen LogP contribution in [0.25, 0.3) is 0 Å². The molecule has 3 aromatic rings. The quantitative estimate of drug-likeness (QED) is 0.638. The van der Waals surface area contributed by atoms with Gasteiger partial charge in [0.2, 0.25) is 0 Å². The Morgan fingerprint density at radius 2 is 1.65 bits per heavy atom. The maximum atomic E-state index is 13.6. The third kappa shape index (κ3) is 3.04. The van der Waals surface area contributed by atoms with Crippen LogP contribution in [0.2, 0.25) is 0 Å². The molecule has 0 unspecified atom stereocenters. The van der Waals surface area contributed by atoms with Crippen LogP contribution in [0.1, 0.15) is 35.6 Å².